The number of hydrogen-bond donors (Lipinski definition) is 3. The van der Waals surface area contributed by atoms with Gasteiger partial charge in [-0.15, -0.1) is 24.9 Å². The van der Waals surface area contributed by atoms with Gasteiger partial charge in [-0.1, -0.05) is 48.5 Å². The molecule has 2 aliphatic rings. The number of likely N-dealkylation sites (tertiary alicyclic amines) is 1. The summed E-state index contributed by atoms with van der Waals surface area (Å²) in [7, 11) is 0. The van der Waals surface area contributed by atoms with Gasteiger partial charge in [0.15, 0.2) is 6.10 Å². The van der Waals surface area contributed by atoms with Crippen molar-refractivity contribution < 1.29 is 42.5 Å². The van der Waals surface area contributed by atoms with Crippen molar-refractivity contribution in [2.24, 2.45) is 0 Å². The van der Waals surface area contributed by atoms with E-state index in [0.717, 1.165) is 5.56 Å². The molecule has 3 amide bonds. The minimum Gasteiger partial charge on any atom is -0.508 e. The minimum atomic E-state index is -4.82. The highest BCUT2D eigenvalue weighted by Crippen LogP contribution is 2.51. The van der Waals surface area contributed by atoms with Crippen molar-refractivity contribution in [3.05, 3.63) is 95.1 Å². The number of rotatable bonds is 9. The zero-order chi connectivity index (χ0) is 31.8. The van der Waals surface area contributed by atoms with Gasteiger partial charge < -0.3 is 30.1 Å². The summed E-state index contributed by atoms with van der Waals surface area (Å²) < 4.78 is 41.4. The molecular weight excluding hydrogens is 599 g/mol. The summed E-state index contributed by atoms with van der Waals surface area (Å²) in [6, 6.07) is 16.8. The van der Waals surface area contributed by atoms with Crippen LogP contribution in [0.4, 0.5) is 13.2 Å². The third-order valence-corrected chi connectivity index (χ3v) is 9.37. The van der Waals surface area contributed by atoms with E-state index >= 15 is 0 Å². The fraction of sp³-hybridized carbons (Fsp3) is 0.323. The highest BCUT2D eigenvalue weighted by atomic mass is 32.2. The van der Waals surface area contributed by atoms with E-state index in [1.165, 1.54) is 64.0 Å². The Kier molecular flexibility index (Phi) is 8.54. The van der Waals surface area contributed by atoms with Crippen LogP contribution >= 0.6 is 11.8 Å². The zero-order valence-corrected chi connectivity index (χ0v) is 24.6. The molecule has 2 heterocycles. The molecule has 0 saturated carbocycles. The molecule has 5 rings (SSSR count). The van der Waals surface area contributed by atoms with Crippen molar-refractivity contribution in [1.29, 1.82) is 0 Å². The maximum absolute atomic E-state index is 13.7. The number of nitrogens with zero attached hydrogens (tertiary/aromatic N) is 2. The van der Waals surface area contributed by atoms with Crippen LogP contribution in [0.2, 0.25) is 0 Å². The molecule has 0 aromatic heterocycles. The third kappa shape index (κ3) is 6.20. The Labute approximate surface area is 255 Å². The molecule has 0 spiro atoms. The molecule has 4 atom stereocenters. The zero-order valence-electron chi connectivity index (χ0n) is 23.7. The number of amides is 3. The molecule has 0 aliphatic carbocycles. The predicted octanol–water partition coefficient (Wildman–Crippen LogP) is 3.96. The average molecular weight is 630 g/mol. The van der Waals surface area contributed by atoms with Crippen molar-refractivity contribution in [2.75, 3.05) is 5.88 Å². The first-order valence-electron chi connectivity index (χ1n) is 13.7. The van der Waals surface area contributed by atoms with E-state index in [-0.39, 0.29) is 41.8 Å². The van der Waals surface area contributed by atoms with Crippen molar-refractivity contribution >= 4 is 29.5 Å². The van der Waals surface area contributed by atoms with E-state index in [1.54, 1.807) is 38.1 Å². The molecule has 13 heteroatoms. The number of benzene rings is 3. The second kappa shape index (κ2) is 12.0. The lowest BCUT2D eigenvalue weighted by Gasteiger charge is -2.52. The van der Waals surface area contributed by atoms with Crippen LogP contribution in [0, 0.1) is 6.92 Å². The first-order valence-corrected chi connectivity index (χ1v) is 14.7. The Bertz CT molecular complexity index is 1560. The molecule has 3 aromatic rings. The molecule has 0 bridgehead atoms. The summed E-state index contributed by atoms with van der Waals surface area (Å²) in [6.45, 7) is 3.48. The van der Waals surface area contributed by atoms with E-state index in [2.05, 4.69) is 10.1 Å². The molecule has 2 aliphatic heterocycles. The Hall–Kier alpha value is -4.23. The van der Waals surface area contributed by atoms with Gasteiger partial charge in [-0.3, -0.25) is 14.4 Å². The first kappa shape index (κ1) is 31.2. The van der Waals surface area contributed by atoms with Gasteiger partial charge >= 0.3 is 6.36 Å². The smallest absolute Gasteiger partial charge is 0.508 e. The van der Waals surface area contributed by atoms with Crippen LogP contribution in [0.1, 0.15) is 34.0 Å². The summed E-state index contributed by atoms with van der Waals surface area (Å²) in [5.74, 6) is -2.01. The number of carbonyl (C=O) groups excluding carboxylic acids is 3. The van der Waals surface area contributed by atoms with E-state index in [0.29, 0.717) is 11.1 Å². The van der Waals surface area contributed by atoms with Gasteiger partial charge in [0.05, 0.1) is 11.9 Å². The number of halogens is 3. The lowest BCUT2D eigenvalue weighted by molar-refractivity contribution is -0.274. The number of phenolic OH excluding ortho intramolecular Hbond substituents is 1. The van der Waals surface area contributed by atoms with Crippen LogP contribution in [0.25, 0.3) is 0 Å². The molecule has 2 fully saturated rings. The summed E-state index contributed by atoms with van der Waals surface area (Å²) in [5.41, 5.74) is 1.87. The lowest BCUT2D eigenvalue weighted by atomic mass is 9.92. The van der Waals surface area contributed by atoms with Gasteiger partial charge in [0.1, 0.15) is 22.4 Å². The summed E-state index contributed by atoms with van der Waals surface area (Å²) >= 11 is 1.33. The molecule has 3 aromatic carbocycles. The van der Waals surface area contributed by atoms with Gasteiger partial charge in [0, 0.05) is 17.7 Å². The molecule has 1 unspecified atom stereocenters. The van der Waals surface area contributed by atoms with Crippen molar-refractivity contribution in [2.45, 2.75) is 56.2 Å². The number of thioether (sulfide) groups is 1. The molecule has 2 saturated heterocycles. The molecule has 232 valence electrons. The number of phenols is 1. The summed E-state index contributed by atoms with van der Waals surface area (Å²) in [4.78, 5) is 42.2. The highest BCUT2D eigenvalue weighted by Gasteiger charge is 2.65. The molecule has 44 heavy (non-hydrogen) atoms. The number of hydrogen-bond acceptors (Lipinski definition) is 7. The number of carbonyl (C=O) groups is 3. The third-order valence-electron chi connectivity index (χ3n) is 7.93. The number of alkyl halides is 3. The Balaban J connectivity index is 1.30. The monoisotopic (exact) mass is 629 g/mol. The number of aliphatic hydroxyl groups excluding tert-OH is 1. The molecule has 0 radical (unpaired) electrons. The molecular formula is C31H30F3N3O6S. The second-order valence-electron chi connectivity index (χ2n) is 10.8. The van der Waals surface area contributed by atoms with Gasteiger partial charge in [0.25, 0.3) is 11.8 Å². The van der Waals surface area contributed by atoms with Gasteiger partial charge in [-0.05, 0) is 55.7 Å². The van der Waals surface area contributed by atoms with Crippen LogP contribution in [-0.4, -0.2) is 73.0 Å². The SMILES string of the molecule is Cc1c(O)cccc1C(=O)N[C@@H](Cc1ccccc1)[C@H](O)C(=O)N1CSC2(C)[C@H]1C(=O)N2Cc1ccc(OC(F)(F)F)cc1. The van der Waals surface area contributed by atoms with E-state index in [4.69, 9.17) is 0 Å². The fourth-order valence-electron chi connectivity index (χ4n) is 5.50. The number of ether oxygens (including phenoxy) is 1. The standard InChI is InChI=1S/C31H30F3N3O6S/c1-18-22(9-6-10-24(18)38)27(40)35-23(15-19-7-4-3-5-8-19)25(39)28(41)36-17-44-30(2)26(36)29(42)37(30)16-20-11-13-21(14-12-20)43-31(32,33)34/h3-14,23,25-26,38-39H,15-17H2,1-2H3,(H,35,40)/t23-,25-,26+,30?/m0/s1. The lowest BCUT2D eigenvalue weighted by Crippen LogP contribution is -2.73. The number of β-lactam (4-membered cyclic amide) rings is 1. The van der Waals surface area contributed by atoms with Gasteiger partial charge in [0.2, 0.25) is 5.91 Å². The number of aromatic hydroxyl groups is 1. The van der Waals surface area contributed by atoms with Crippen LogP contribution in [0.15, 0.2) is 72.8 Å². The van der Waals surface area contributed by atoms with Crippen molar-refractivity contribution in [1.82, 2.24) is 15.1 Å². The number of nitrogens with one attached hydrogen (secondary N) is 1. The highest BCUT2D eigenvalue weighted by molar-refractivity contribution is 8.01. The topological polar surface area (TPSA) is 119 Å². The summed E-state index contributed by atoms with van der Waals surface area (Å²) in [6.07, 6.45) is -6.39. The van der Waals surface area contributed by atoms with E-state index in [9.17, 15) is 37.8 Å². The molecule has 3 N–H and O–H groups in total. The van der Waals surface area contributed by atoms with Gasteiger partial charge in [-0.25, -0.2) is 0 Å². The van der Waals surface area contributed by atoms with Crippen molar-refractivity contribution in [3.8, 4) is 11.5 Å². The molecule has 9 nitrogen and oxygen atoms in total. The van der Waals surface area contributed by atoms with Crippen LogP contribution in [0.3, 0.4) is 0 Å². The maximum Gasteiger partial charge on any atom is 0.573 e. The van der Waals surface area contributed by atoms with E-state index in [1.807, 2.05) is 6.07 Å². The van der Waals surface area contributed by atoms with Gasteiger partial charge in [-0.2, -0.15) is 0 Å². The fourth-order valence-corrected chi connectivity index (χ4v) is 6.88. The van der Waals surface area contributed by atoms with E-state index < -0.39 is 41.2 Å². The minimum absolute atomic E-state index is 0.0686. The maximum atomic E-state index is 13.7. The van der Waals surface area contributed by atoms with Crippen LogP contribution in [-0.2, 0) is 22.6 Å². The number of aliphatic hydroxyl groups is 1. The van der Waals surface area contributed by atoms with Crippen LogP contribution in [0.5, 0.6) is 11.5 Å². The normalized spacial score (nSPS) is 20.9. The average Bonchev–Trinajstić information content (AvgIpc) is 3.30. The summed E-state index contributed by atoms with van der Waals surface area (Å²) in [5, 5.41) is 24.2. The van der Waals surface area contributed by atoms with Crippen LogP contribution < -0.4 is 10.1 Å². The Morgan fingerprint density at radius 2 is 1.75 bits per heavy atom. The Morgan fingerprint density at radius 3 is 2.41 bits per heavy atom. The quantitative estimate of drug-likeness (QED) is 0.307. The predicted molar refractivity (Wildman–Crippen MR) is 155 cm³/mol. The largest absolute Gasteiger partial charge is 0.573 e. The first-order chi connectivity index (χ1) is 20.8. The second-order valence-corrected chi connectivity index (χ2v) is 12.2. The number of fused-ring (bicyclic) bond motifs is 1. The van der Waals surface area contributed by atoms with Crippen molar-refractivity contribution in [3.63, 3.8) is 0 Å². The Morgan fingerprint density at radius 1 is 1.07 bits per heavy atom.